The summed E-state index contributed by atoms with van der Waals surface area (Å²) in [5, 5.41) is 4.78. The molecular formula is C19H16Cl2N4O2. The lowest BCUT2D eigenvalue weighted by molar-refractivity contribution is -0.120. The summed E-state index contributed by atoms with van der Waals surface area (Å²) < 4.78 is 0. The quantitative estimate of drug-likeness (QED) is 0.516. The van der Waals surface area contributed by atoms with Crippen LogP contribution in [0.5, 0.6) is 0 Å². The molecule has 6 nitrogen and oxygen atoms in total. The average molecular weight is 403 g/mol. The van der Waals surface area contributed by atoms with E-state index in [2.05, 4.69) is 20.5 Å². The number of amides is 1. The van der Waals surface area contributed by atoms with E-state index >= 15 is 0 Å². The summed E-state index contributed by atoms with van der Waals surface area (Å²) in [5.41, 5.74) is 6.09. The van der Waals surface area contributed by atoms with Crippen LogP contribution in [0.25, 0.3) is 11.0 Å². The molecule has 0 bridgehead atoms. The standard InChI is InChI=1S/C19H16Cl2N4O2/c1-10-5-15-16(6-11(10)2)24-19(27)17(23-15)8-18(26)25-22-9-12-3-4-13(20)7-14(12)21/h3-7,9H,8H2,1-2H3,(H,24,27)(H,25,26). The van der Waals surface area contributed by atoms with Crippen LogP contribution in [0, 0.1) is 13.8 Å². The molecule has 27 heavy (non-hydrogen) atoms. The van der Waals surface area contributed by atoms with Crippen molar-refractivity contribution >= 4 is 46.4 Å². The van der Waals surface area contributed by atoms with Crippen LogP contribution in [0.3, 0.4) is 0 Å². The predicted molar refractivity (Wildman–Crippen MR) is 108 cm³/mol. The number of carbonyl (C=O) groups excluding carboxylic acids is 1. The minimum Gasteiger partial charge on any atom is -0.319 e. The third kappa shape index (κ3) is 4.53. The van der Waals surface area contributed by atoms with Gasteiger partial charge in [0.05, 0.1) is 28.7 Å². The maximum Gasteiger partial charge on any atom is 0.270 e. The number of rotatable bonds is 4. The smallest absolute Gasteiger partial charge is 0.270 e. The molecule has 2 aromatic carbocycles. The van der Waals surface area contributed by atoms with Crippen molar-refractivity contribution in [2.75, 3.05) is 0 Å². The summed E-state index contributed by atoms with van der Waals surface area (Å²) in [6.45, 7) is 3.92. The first kappa shape index (κ1) is 19.1. The van der Waals surface area contributed by atoms with Gasteiger partial charge in [-0.3, -0.25) is 9.59 Å². The second-order valence-corrected chi connectivity index (χ2v) is 6.95. The summed E-state index contributed by atoms with van der Waals surface area (Å²) in [6.07, 6.45) is 1.21. The molecule has 8 heteroatoms. The van der Waals surface area contributed by atoms with Crippen molar-refractivity contribution in [3.8, 4) is 0 Å². The zero-order valence-electron chi connectivity index (χ0n) is 14.6. The molecule has 0 unspecified atom stereocenters. The number of nitrogens with one attached hydrogen (secondary N) is 2. The number of carbonyl (C=O) groups is 1. The highest BCUT2D eigenvalue weighted by molar-refractivity contribution is 6.36. The number of aromatic nitrogens is 2. The lowest BCUT2D eigenvalue weighted by atomic mass is 10.1. The normalized spacial score (nSPS) is 11.3. The molecule has 0 atom stereocenters. The molecule has 1 heterocycles. The van der Waals surface area contributed by atoms with Gasteiger partial charge in [-0.2, -0.15) is 5.10 Å². The van der Waals surface area contributed by atoms with Gasteiger partial charge in [0.2, 0.25) is 5.91 Å². The molecule has 3 rings (SSSR count). The second-order valence-electron chi connectivity index (χ2n) is 6.10. The monoisotopic (exact) mass is 402 g/mol. The van der Waals surface area contributed by atoms with E-state index in [1.54, 1.807) is 18.2 Å². The van der Waals surface area contributed by atoms with Crippen LogP contribution >= 0.6 is 23.2 Å². The fourth-order valence-corrected chi connectivity index (χ4v) is 2.93. The molecule has 138 valence electrons. The van der Waals surface area contributed by atoms with Gasteiger partial charge in [-0.1, -0.05) is 29.3 Å². The van der Waals surface area contributed by atoms with E-state index in [9.17, 15) is 9.59 Å². The number of halogens is 2. The van der Waals surface area contributed by atoms with Crippen molar-refractivity contribution in [2.45, 2.75) is 20.3 Å². The van der Waals surface area contributed by atoms with E-state index in [0.717, 1.165) is 11.1 Å². The number of aryl methyl sites for hydroxylation is 2. The van der Waals surface area contributed by atoms with E-state index in [1.807, 2.05) is 26.0 Å². The molecule has 0 aliphatic carbocycles. The van der Waals surface area contributed by atoms with E-state index < -0.39 is 11.5 Å². The molecule has 0 fully saturated rings. The topological polar surface area (TPSA) is 87.2 Å². The summed E-state index contributed by atoms with van der Waals surface area (Å²) in [6, 6.07) is 8.67. The first-order chi connectivity index (χ1) is 12.8. The Hall–Kier alpha value is -2.70. The van der Waals surface area contributed by atoms with E-state index in [4.69, 9.17) is 23.2 Å². The van der Waals surface area contributed by atoms with Crippen molar-refractivity contribution in [2.24, 2.45) is 5.10 Å². The van der Waals surface area contributed by atoms with Gasteiger partial charge in [0, 0.05) is 10.6 Å². The molecule has 1 amide bonds. The molecule has 0 aliphatic rings. The Balaban J connectivity index is 1.73. The number of benzene rings is 2. The molecule has 0 saturated carbocycles. The third-order valence-electron chi connectivity index (χ3n) is 4.06. The molecule has 1 aromatic heterocycles. The summed E-state index contributed by atoms with van der Waals surface area (Å²) in [7, 11) is 0. The van der Waals surface area contributed by atoms with Gasteiger partial charge in [0.15, 0.2) is 0 Å². The van der Waals surface area contributed by atoms with Crippen LogP contribution in [0.15, 0.2) is 40.2 Å². The average Bonchev–Trinajstić information content (AvgIpc) is 2.59. The number of H-pyrrole nitrogens is 1. The predicted octanol–water partition coefficient (Wildman–Crippen LogP) is 3.54. The van der Waals surface area contributed by atoms with Gasteiger partial charge in [-0.15, -0.1) is 0 Å². The van der Waals surface area contributed by atoms with Crippen LogP contribution in [-0.4, -0.2) is 22.1 Å². The van der Waals surface area contributed by atoms with Gasteiger partial charge in [-0.05, 0) is 49.2 Å². The number of hydrogen-bond donors (Lipinski definition) is 2. The van der Waals surface area contributed by atoms with Crippen molar-refractivity contribution in [1.82, 2.24) is 15.4 Å². The lowest BCUT2D eigenvalue weighted by Gasteiger charge is -2.05. The minimum absolute atomic E-state index is 0.128. The molecule has 0 radical (unpaired) electrons. The Morgan fingerprint density at radius 1 is 1.22 bits per heavy atom. The Kier molecular flexibility index (Phi) is 5.58. The van der Waals surface area contributed by atoms with Gasteiger partial charge in [0.25, 0.3) is 5.56 Å². The Bertz CT molecular complexity index is 1120. The van der Waals surface area contributed by atoms with Crippen LogP contribution in [0.1, 0.15) is 22.4 Å². The maximum atomic E-state index is 12.2. The second kappa shape index (κ2) is 7.90. The zero-order chi connectivity index (χ0) is 19.6. The van der Waals surface area contributed by atoms with Gasteiger partial charge >= 0.3 is 0 Å². The molecule has 3 aromatic rings. The van der Waals surface area contributed by atoms with E-state index in [0.29, 0.717) is 26.6 Å². The summed E-state index contributed by atoms with van der Waals surface area (Å²) in [5.74, 6) is -0.461. The fourth-order valence-electron chi connectivity index (χ4n) is 2.48. The highest BCUT2D eigenvalue weighted by Crippen LogP contribution is 2.19. The maximum absolute atomic E-state index is 12.2. The van der Waals surface area contributed by atoms with Gasteiger partial charge in [0.1, 0.15) is 5.69 Å². The Morgan fingerprint density at radius 2 is 1.96 bits per heavy atom. The van der Waals surface area contributed by atoms with Crippen LogP contribution in [0.2, 0.25) is 10.0 Å². The first-order valence-electron chi connectivity index (χ1n) is 8.10. The highest BCUT2D eigenvalue weighted by atomic mass is 35.5. The van der Waals surface area contributed by atoms with Gasteiger partial charge in [-0.25, -0.2) is 10.4 Å². The third-order valence-corrected chi connectivity index (χ3v) is 4.62. The largest absolute Gasteiger partial charge is 0.319 e. The number of hydrogen-bond acceptors (Lipinski definition) is 4. The van der Waals surface area contributed by atoms with Crippen LogP contribution in [0.4, 0.5) is 0 Å². The number of hydrazone groups is 1. The summed E-state index contributed by atoms with van der Waals surface area (Å²) >= 11 is 11.9. The minimum atomic E-state index is -0.461. The van der Waals surface area contributed by atoms with Crippen molar-refractivity contribution in [3.63, 3.8) is 0 Å². The van der Waals surface area contributed by atoms with Crippen molar-refractivity contribution < 1.29 is 4.79 Å². The summed E-state index contributed by atoms with van der Waals surface area (Å²) in [4.78, 5) is 31.3. The number of aromatic amines is 1. The Morgan fingerprint density at radius 3 is 2.70 bits per heavy atom. The molecule has 2 N–H and O–H groups in total. The van der Waals surface area contributed by atoms with Crippen molar-refractivity contribution in [3.05, 3.63) is 73.1 Å². The first-order valence-corrected chi connectivity index (χ1v) is 8.86. The number of nitrogens with zero attached hydrogens (tertiary/aromatic N) is 2. The van der Waals surface area contributed by atoms with E-state index in [1.165, 1.54) is 6.21 Å². The number of fused-ring (bicyclic) bond motifs is 1. The fraction of sp³-hybridized carbons (Fsp3) is 0.158. The molecule has 0 spiro atoms. The molecular weight excluding hydrogens is 387 g/mol. The molecule has 0 aliphatic heterocycles. The van der Waals surface area contributed by atoms with Crippen LogP contribution in [-0.2, 0) is 11.2 Å². The van der Waals surface area contributed by atoms with E-state index in [-0.39, 0.29) is 12.1 Å². The Labute approximate surface area is 165 Å². The van der Waals surface area contributed by atoms with Crippen LogP contribution < -0.4 is 11.0 Å². The zero-order valence-corrected chi connectivity index (χ0v) is 16.1. The van der Waals surface area contributed by atoms with Crippen molar-refractivity contribution in [1.29, 1.82) is 0 Å². The molecule has 0 saturated heterocycles. The lowest BCUT2D eigenvalue weighted by Crippen LogP contribution is -2.25. The van der Waals surface area contributed by atoms with Gasteiger partial charge < -0.3 is 4.98 Å². The SMILES string of the molecule is Cc1cc2nc(CC(=O)NN=Cc3ccc(Cl)cc3Cl)c(=O)[nH]c2cc1C. The highest BCUT2D eigenvalue weighted by Gasteiger charge is 2.11.